The van der Waals surface area contributed by atoms with Gasteiger partial charge in [0.25, 0.3) is 0 Å². The molecule has 1 saturated heterocycles. The van der Waals surface area contributed by atoms with Gasteiger partial charge in [0.1, 0.15) is 0 Å². The molecule has 4 nitrogen and oxygen atoms in total. The molecule has 3 N–H and O–H groups in total. The first kappa shape index (κ1) is 29.9. The summed E-state index contributed by atoms with van der Waals surface area (Å²) in [6.07, 6.45) is 27.7. The predicted molar refractivity (Wildman–Crippen MR) is 139 cm³/mol. The molecule has 1 aliphatic heterocycles. The van der Waals surface area contributed by atoms with Crippen LogP contribution in [0.15, 0.2) is 0 Å². The molecule has 0 aliphatic carbocycles. The highest BCUT2D eigenvalue weighted by atomic mass is 16.5. The average Bonchev–Trinajstić information content (AvgIpc) is 2.78. The number of aliphatic hydroxyl groups excluding tert-OH is 1. The second kappa shape index (κ2) is 22.6. The van der Waals surface area contributed by atoms with Gasteiger partial charge >= 0.3 is 0 Å². The zero-order chi connectivity index (χ0) is 23.1. The Kier molecular flexibility index (Phi) is 21.1. The van der Waals surface area contributed by atoms with Gasteiger partial charge in [0.05, 0.1) is 0 Å². The Balaban J connectivity index is 1.76. The van der Waals surface area contributed by atoms with Crippen molar-refractivity contribution in [3.05, 3.63) is 0 Å². The number of hydrogen-bond acceptors (Lipinski definition) is 4. The van der Waals surface area contributed by atoms with Crippen molar-refractivity contribution in [1.29, 1.82) is 0 Å². The Morgan fingerprint density at radius 2 is 1.06 bits per heavy atom. The predicted octanol–water partition coefficient (Wildman–Crippen LogP) is 6.78. The minimum Gasteiger partial charge on any atom is -0.368 e. The fourth-order valence-corrected chi connectivity index (χ4v) is 5.14. The van der Waals surface area contributed by atoms with Crippen molar-refractivity contribution in [2.45, 2.75) is 154 Å². The summed E-state index contributed by atoms with van der Waals surface area (Å²) in [6, 6.07) is 0.282. The van der Waals surface area contributed by atoms with E-state index in [4.69, 9.17) is 0 Å². The summed E-state index contributed by atoms with van der Waals surface area (Å²) in [7, 11) is 0. The number of unbranched alkanes of at least 4 members (excludes halogenated alkanes) is 19. The fraction of sp³-hybridized carbons (Fsp3) is 1.00. The van der Waals surface area contributed by atoms with Crippen LogP contribution in [0.2, 0.25) is 0 Å². The second-order valence-electron chi connectivity index (χ2n) is 10.3. The van der Waals surface area contributed by atoms with Crippen LogP contribution in [0.3, 0.4) is 0 Å². The molecule has 1 unspecified atom stereocenters. The monoisotopic (exact) mass is 454 g/mol. The number of rotatable bonds is 23. The van der Waals surface area contributed by atoms with Gasteiger partial charge in [-0.25, -0.2) is 0 Å². The molecule has 0 amide bonds. The van der Waals surface area contributed by atoms with Gasteiger partial charge in [-0.2, -0.15) is 0 Å². The van der Waals surface area contributed by atoms with Crippen LogP contribution in [0.1, 0.15) is 142 Å². The van der Waals surface area contributed by atoms with Gasteiger partial charge in [0.2, 0.25) is 0 Å². The van der Waals surface area contributed by atoms with Gasteiger partial charge in [-0.05, 0) is 13.0 Å². The first-order valence-electron chi connectivity index (χ1n) is 14.5. The lowest BCUT2D eigenvalue weighted by molar-refractivity contribution is -0.0644. The van der Waals surface area contributed by atoms with Crippen molar-refractivity contribution < 1.29 is 10.2 Å². The first-order valence-corrected chi connectivity index (χ1v) is 14.5. The lowest BCUT2D eigenvalue weighted by atomic mass is 10.0. The SMILES string of the molecule is CCCCCCCCCCCCCCCCCCCCCCN1CCNCC1CC(O)O. The Labute approximate surface area is 200 Å². The number of nitrogens with zero attached hydrogens (tertiary/aromatic N) is 1. The van der Waals surface area contributed by atoms with Crippen LogP contribution in [0.4, 0.5) is 0 Å². The van der Waals surface area contributed by atoms with E-state index in [0.29, 0.717) is 6.42 Å². The molecule has 4 heteroatoms. The number of hydrogen-bond donors (Lipinski definition) is 3. The van der Waals surface area contributed by atoms with E-state index in [0.717, 1.165) is 26.2 Å². The maximum Gasteiger partial charge on any atom is 0.152 e. The number of piperazine rings is 1. The maximum absolute atomic E-state index is 9.26. The topological polar surface area (TPSA) is 55.7 Å². The van der Waals surface area contributed by atoms with Crippen molar-refractivity contribution >= 4 is 0 Å². The largest absolute Gasteiger partial charge is 0.368 e. The molecule has 1 atom stereocenters. The number of aliphatic hydroxyl groups is 2. The molecule has 192 valence electrons. The van der Waals surface area contributed by atoms with Crippen LogP contribution < -0.4 is 5.32 Å². The standard InChI is InChI=1S/C28H58N2O2/c1-2-3-4-5-6-7-8-9-10-11-12-13-14-15-16-17-18-19-20-21-23-30-24-22-29-26-27(30)25-28(31)32/h27-29,31-32H,2-26H2,1H3. The molecule has 0 bridgehead atoms. The van der Waals surface area contributed by atoms with Crippen molar-refractivity contribution in [3.8, 4) is 0 Å². The van der Waals surface area contributed by atoms with E-state index in [9.17, 15) is 10.2 Å². The molecule has 0 saturated carbocycles. The van der Waals surface area contributed by atoms with Crippen molar-refractivity contribution in [2.24, 2.45) is 0 Å². The summed E-state index contributed by atoms with van der Waals surface area (Å²) in [6.45, 7) is 6.35. The highest BCUT2D eigenvalue weighted by Gasteiger charge is 2.23. The smallest absolute Gasteiger partial charge is 0.152 e. The van der Waals surface area contributed by atoms with E-state index in [1.165, 1.54) is 128 Å². The number of nitrogens with one attached hydrogen (secondary N) is 1. The maximum atomic E-state index is 9.26. The van der Waals surface area contributed by atoms with Gasteiger partial charge in [0.15, 0.2) is 6.29 Å². The third-order valence-corrected chi connectivity index (χ3v) is 7.25. The Hall–Kier alpha value is -0.160. The molecule has 0 radical (unpaired) electrons. The highest BCUT2D eigenvalue weighted by molar-refractivity contribution is 4.80. The Morgan fingerprint density at radius 3 is 1.47 bits per heavy atom. The Morgan fingerprint density at radius 1 is 0.656 bits per heavy atom. The van der Waals surface area contributed by atoms with Crippen LogP contribution in [-0.2, 0) is 0 Å². The molecule has 1 aliphatic rings. The molecule has 1 heterocycles. The van der Waals surface area contributed by atoms with Crippen LogP contribution in [0, 0.1) is 0 Å². The minimum atomic E-state index is -1.18. The van der Waals surface area contributed by atoms with Crippen LogP contribution in [-0.4, -0.2) is 53.6 Å². The molecule has 1 fully saturated rings. The zero-order valence-electron chi connectivity index (χ0n) is 21.7. The van der Waals surface area contributed by atoms with Crippen molar-refractivity contribution in [1.82, 2.24) is 10.2 Å². The molecule has 0 spiro atoms. The van der Waals surface area contributed by atoms with Gasteiger partial charge in [0, 0.05) is 32.1 Å². The van der Waals surface area contributed by atoms with Gasteiger partial charge in [-0.15, -0.1) is 0 Å². The first-order chi connectivity index (χ1) is 15.7. The summed E-state index contributed by atoms with van der Waals surface area (Å²) in [4.78, 5) is 2.45. The van der Waals surface area contributed by atoms with Crippen molar-refractivity contribution in [3.63, 3.8) is 0 Å². The van der Waals surface area contributed by atoms with E-state index < -0.39 is 6.29 Å². The Bertz CT molecular complexity index is 378. The third kappa shape index (κ3) is 18.3. The van der Waals surface area contributed by atoms with E-state index in [2.05, 4.69) is 17.1 Å². The normalized spacial score (nSPS) is 17.4. The quantitative estimate of drug-likeness (QED) is 0.118. The average molecular weight is 455 g/mol. The lowest BCUT2D eigenvalue weighted by Gasteiger charge is -2.36. The molecular weight excluding hydrogens is 396 g/mol. The summed E-state index contributed by atoms with van der Waals surface area (Å²) in [5, 5.41) is 21.9. The van der Waals surface area contributed by atoms with E-state index in [1.54, 1.807) is 0 Å². The van der Waals surface area contributed by atoms with Gasteiger partial charge in [-0.3, -0.25) is 4.90 Å². The summed E-state index contributed by atoms with van der Waals surface area (Å²) in [5.74, 6) is 0. The van der Waals surface area contributed by atoms with Crippen LogP contribution in [0.5, 0.6) is 0 Å². The van der Waals surface area contributed by atoms with Gasteiger partial charge in [-0.1, -0.05) is 129 Å². The summed E-state index contributed by atoms with van der Waals surface area (Å²) in [5.41, 5.74) is 0. The second-order valence-corrected chi connectivity index (χ2v) is 10.3. The molecule has 0 aromatic carbocycles. The molecule has 0 aromatic heterocycles. The van der Waals surface area contributed by atoms with E-state index in [-0.39, 0.29) is 6.04 Å². The highest BCUT2D eigenvalue weighted by Crippen LogP contribution is 2.16. The lowest BCUT2D eigenvalue weighted by Crippen LogP contribution is -2.52. The van der Waals surface area contributed by atoms with Crippen molar-refractivity contribution in [2.75, 3.05) is 26.2 Å². The zero-order valence-corrected chi connectivity index (χ0v) is 21.7. The van der Waals surface area contributed by atoms with Crippen LogP contribution >= 0.6 is 0 Å². The van der Waals surface area contributed by atoms with E-state index >= 15 is 0 Å². The minimum absolute atomic E-state index is 0.282. The summed E-state index contributed by atoms with van der Waals surface area (Å²) < 4.78 is 0. The molecule has 0 aromatic rings. The fourth-order valence-electron chi connectivity index (χ4n) is 5.14. The molecule has 1 rings (SSSR count). The summed E-state index contributed by atoms with van der Waals surface area (Å²) >= 11 is 0. The third-order valence-electron chi connectivity index (χ3n) is 7.25. The van der Waals surface area contributed by atoms with E-state index in [1.807, 2.05) is 0 Å². The molecule has 32 heavy (non-hydrogen) atoms. The van der Waals surface area contributed by atoms with Gasteiger partial charge < -0.3 is 15.5 Å². The molecular formula is C28H58N2O2. The van der Waals surface area contributed by atoms with Crippen LogP contribution in [0.25, 0.3) is 0 Å².